The molecule has 0 heterocycles. The molecule has 136 valence electrons. The van der Waals surface area contributed by atoms with Crippen LogP contribution in [-0.4, -0.2) is 31.6 Å². The van der Waals surface area contributed by atoms with Crippen molar-refractivity contribution in [2.75, 3.05) is 13.7 Å². The number of carbonyl (C=O) groups is 3. The van der Waals surface area contributed by atoms with Crippen molar-refractivity contribution in [1.29, 1.82) is 0 Å². The van der Waals surface area contributed by atoms with Crippen LogP contribution in [0.1, 0.15) is 26.3 Å². The lowest BCUT2D eigenvalue weighted by atomic mass is 10.1. The molecule has 0 atom stereocenters. The van der Waals surface area contributed by atoms with Crippen LogP contribution in [0.25, 0.3) is 0 Å². The minimum absolute atomic E-state index is 0.200. The van der Waals surface area contributed by atoms with Gasteiger partial charge in [0.25, 0.3) is 5.91 Å². The largest absolute Gasteiger partial charge is 0.465 e. The van der Waals surface area contributed by atoms with Gasteiger partial charge in [-0.25, -0.2) is 9.59 Å². The highest BCUT2D eigenvalue weighted by Gasteiger charge is 2.12. The minimum Gasteiger partial charge on any atom is -0.465 e. The average Bonchev–Trinajstić information content (AvgIpc) is 2.66. The summed E-state index contributed by atoms with van der Waals surface area (Å²) in [4.78, 5) is 35.0. The number of hydrogen-bond donors (Lipinski definition) is 1. The fourth-order valence-electron chi connectivity index (χ4n) is 1.97. The maximum Gasteiger partial charge on any atom is 0.338 e. The third-order valence-corrected chi connectivity index (χ3v) is 4.09. The van der Waals surface area contributed by atoms with E-state index in [0.717, 1.165) is 5.56 Å². The Kier molecular flexibility index (Phi) is 7.00. The summed E-state index contributed by atoms with van der Waals surface area (Å²) in [5.41, 5.74) is 1.39. The first kappa shape index (κ1) is 19.8. The topological polar surface area (TPSA) is 81.7 Å². The fraction of sp³-hybridized carbons (Fsp3) is 0.167. The lowest BCUT2D eigenvalue weighted by molar-refractivity contribution is -0.124. The number of benzene rings is 2. The summed E-state index contributed by atoms with van der Waals surface area (Å²) < 4.78 is 9.53. The highest BCUT2D eigenvalue weighted by Crippen LogP contribution is 2.22. The molecule has 26 heavy (non-hydrogen) atoms. The first-order valence-electron chi connectivity index (χ1n) is 7.47. The molecule has 0 aliphatic rings. The molecule has 0 spiro atoms. The van der Waals surface area contributed by atoms with Crippen molar-refractivity contribution >= 4 is 41.0 Å². The molecule has 0 saturated carbocycles. The zero-order valence-electron chi connectivity index (χ0n) is 13.8. The van der Waals surface area contributed by atoms with Gasteiger partial charge >= 0.3 is 11.9 Å². The quantitative estimate of drug-likeness (QED) is 0.759. The van der Waals surface area contributed by atoms with E-state index in [1.54, 1.807) is 24.3 Å². The lowest BCUT2D eigenvalue weighted by Gasteiger charge is -2.08. The lowest BCUT2D eigenvalue weighted by Crippen LogP contribution is -2.28. The molecule has 0 saturated heterocycles. The number of ether oxygens (including phenoxy) is 2. The monoisotopic (exact) mass is 395 g/mol. The number of halogens is 2. The Balaban J connectivity index is 1.80. The number of rotatable bonds is 6. The number of esters is 2. The Labute approximate surface area is 160 Å². The summed E-state index contributed by atoms with van der Waals surface area (Å²) in [6, 6.07) is 10.9. The van der Waals surface area contributed by atoms with Crippen LogP contribution in [0, 0.1) is 0 Å². The van der Waals surface area contributed by atoms with Crippen LogP contribution < -0.4 is 5.32 Å². The predicted octanol–water partition coefficient (Wildman–Crippen LogP) is 3.25. The van der Waals surface area contributed by atoms with Gasteiger partial charge in [0.05, 0.1) is 28.3 Å². The van der Waals surface area contributed by atoms with Gasteiger partial charge in [-0.3, -0.25) is 4.79 Å². The predicted molar refractivity (Wildman–Crippen MR) is 96.4 cm³/mol. The molecular weight excluding hydrogens is 381 g/mol. The molecule has 8 heteroatoms. The molecule has 1 amide bonds. The van der Waals surface area contributed by atoms with Crippen LogP contribution in [0.3, 0.4) is 0 Å². The summed E-state index contributed by atoms with van der Waals surface area (Å²) in [7, 11) is 1.30. The molecule has 6 nitrogen and oxygen atoms in total. The normalized spacial score (nSPS) is 10.1. The zero-order valence-corrected chi connectivity index (χ0v) is 15.3. The minimum atomic E-state index is -0.679. The number of carbonyl (C=O) groups excluding carboxylic acids is 3. The number of hydrogen-bond acceptors (Lipinski definition) is 5. The van der Waals surface area contributed by atoms with Gasteiger partial charge in [-0.05, 0) is 35.9 Å². The number of nitrogens with one attached hydrogen (secondary N) is 1. The Morgan fingerprint density at radius 3 is 2.19 bits per heavy atom. The summed E-state index contributed by atoms with van der Waals surface area (Å²) in [6.45, 7) is -0.204. The Hall–Kier alpha value is -2.57. The van der Waals surface area contributed by atoms with Gasteiger partial charge in [0.2, 0.25) is 0 Å². The van der Waals surface area contributed by atoms with Crippen LogP contribution in [0.5, 0.6) is 0 Å². The molecule has 2 aromatic carbocycles. The van der Waals surface area contributed by atoms with Gasteiger partial charge in [0, 0.05) is 6.54 Å². The number of amides is 1. The van der Waals surface area contributed by atoms with Crippen molar-refractivity contribution in [2.24, 2.45) is 0 Å². The van der Waals surface area contributed by atoms with E-state index in [1.807, 2.05) is 0 Å². The van der Waals surface area contributed by atoms with Crippen LogP contribution in [0.2, 0.25) is 10.0 Å². The maximum absolute atomic E-state index is 11.9. The van der Waals surface area contributed by atoms with Crippen LogP contribution in [0.15, 0.2) is 42.5 Å². The Morgan fingerprint density at radius 2 is 1.58 bits per heavy atom. The Bertz CT molecular complexity index is 821. The van der Waals surface area contributed by atoms with E-state index >= 15 is 0 Å². The SMILES string of the molecule is COC(=O)c1ccc(CNC(=O)COC(=O)c2ccc(Cl)c(Cl)c2)cc1. The maximum atomic E-state index is 11.9. The van der Waals surface area contributed by atoms with E-state index in [1.165, 1.54) is 25.3 Å². The second-order valence-corrected chi connectivity index (χ2v) is 5.98. The summed E-state index contributed by atoms with van der Waals surface area (Å²) in [5.74, 6) is -1.58. The molecule has 0 aliphatic heterocycles. The molecular formula is C18H15Cl2NO5. The van der Waals surface area contributed by atoms with Gasteiger partial charge in [-0.2, -0.15) is 0 Å². The molecule has 0 fully saturated rings. The van der Waals surface area contributed by atoms with Gasteiger partial charge < -0.3 is 14.8 Å². The van der Waals surface area contributed by atoms with E-state index in [0.29, 0.717) is 10.6 Å². The summed E-state index contributed by atoms with van der Waals surface area (Å²) in [6.07, 6.45) is 0. The zero-order chi connectivity index (χ0) is 19.1. The summed E-state index contributed by atoms with van der Waals surface area (Å²) in [5, 5.41) is 3.15. The standard InChI is InChI=1S/C18H15Cl2NO5/c1-25-17(23)12-4-2-11(3-5-12)9-21-16(22)10-26-18(24)13-6-7-14(19)15(20)8-13/h2-8H,9-10H2,1H3,(H,21,22). The molecule has 0 radical (unpaired) electrons. The van der Waals surface area contributed by atoms with Crippen molar-refractivity contribution in [1.82, 2.24) is 5.32 Å². The second-order valence-electron chi connectivity index (χ2n) is 5.17. The highest BCUT2D eigenvalue weighted by molar-refractivity contribution is 6.42. The third kappa shape index (κ3) is 5.47. The van der Waals surface area contributed by atoms with Crippen LogP contribution in [0.4, 0.5) is 0 Å². The molecule has 2 aromatic rings. The fourth-order valence-corrected chi connectivity index (χ4v) is 2.26. The van der Waals surface area contributed by atoms with Gasteiger partial charge in [0.1, 0.15) is 0 Å². The van der Waals surface area contributed by atoms with Crippen LogP contribution in [-0.2, 0) is 20.8 Å². The molecule has 2 rings (SSSR count). The van der Waals surface area contributed by atoms with Crippen molar-refractivity contribution in [3.63, 3.8) is 0 Å². The first-order chi connectivity index (χ1) is 12.4. The third-order valence-electron chi connectivity index (χ3n) is 3.35. The van der Waals surface area contributed by atoms with E-state index in [-0.39, 0.29) is 17.1 Å². The van der Waals surface area contributed by atoms with Crippen molar-refractivity contribution in [3.8, 4) is 0 Å². The van der Waals surface area contributed by atoms with E-state index in [9.17, 15) is 14.4 Å². The van der Waals surface area contributed by atoms with Gasteiger partial charge in [0.15, 0.2) is 6.61 Å². The number of methoxy groups -OCH3 is 1. The molecule has 0 aromatic heterocycles. The van der Waals surface area contributed by atoms with E-state index in [2.05, 4.69) is 10.1 Å². The first-order valence-corrected chi connectivity index (χ1v) is 8.22. The van der Waals surface area contributed by atoms with Crippen molar-refractivity contribution in [2.45, 2.75) is 6.54 Å². The summed E-state index contributed by atoms with van der Waals surface area (Å²) >= 11 is 11.6. The molecule has 0 bridgehead atoms. The van der Waals surface area contributed by atoms with Crippen molar-refractivity contribution in [3.05, 3.63) is 69.2 Å². The molecule has 1 N–H and O–H groups in total. The van der Waals surface area contributed by atoms with E-state index in [4.69, 9.17) is 27.9 Å². The van der Waals surface area contributed by atoms with Crippen molar-refractivity contribution < 1.29 is 23.9 Å². The molecule has 0 unspecified atom stereocenters. The second kappa shape index (κ2) is 9.22. The smallest absolute Gasteiger partial charge is 0.338 e. The van der Waals surface area contributed by atoms with Gasteiger partial charge in [-0.15, -0.1) is 0 Å². The van der Waals surface area contributed by atoms with Crippen LogP contribution >= 0.6 is 23.2 Å². The highest BCUT2D eigenvalue weighted by atomic mass is 35.5. The average molecular weight is 396 g/mol. The molecule has 0 aliphatic carbocycles. The Morgan fingerprint density at radius 1 is 0.923 bits per heavy atom. The van der Waals surface area contributed by atoms with E-state index < -0.39 is 24.5 Å². The van der Waals surface area contributed by atoms with Gasteiger partial charge in [-0.1, -0.05) is 35.3 Å².